The summed E-state index contributed by atoms with van der Waals surface area (Å²) in [5, 5.41) is 0. The molecule has 0 unspecified atom stereocenters. The highest BCUT2D eigenvalue weighted by molar-refractivity contribution is 6.00. The van der Waals surface area contributed by atoms with Crippen LogP contribution in [0.1, 0.15) is 19.4 Å². The standard InChI is InChI=1S/C11H13NO.C2H6/c1-4-11(13)12(3)10-7-5-6-9(2)8-10;1-2/h4-8H,1H2,2-3H3;1-2H3. The third-order valence-corrected chi connectivity index (χ3v) is 1.89. The quantitative estimate of drug-likeness (QED) is 0.679. The Bertz CT molecular complexity index is 331. The van der Waals surface area contributed by atoms with Crippen LogP contribution in [0.5, 0.6) is 0 Å². The van der Waals surface area contributed by atoms with Gasteiger partial charge in [-0.15, -0.1) is 0 Å². The van der Waals surface area contributed by atoms with Gasteiger partial charge in [0.2, 0.25) is 5.91 Å². The molecule has 15 heavy (non-hydrogen) atoms. The van der Waals surface area contributed by atoms with Crippen molar-refractivity contribution in [3.05, 3.63) is 42.5 Å². The zero-order valence-corrected chi connectivity index (χ0v) is 9.95. The van der Waals surface area contributed by atoms with Crippen LogP contribution in [0, 0.1) is 6.92 Å². The van der Waals surface area contributed by atoms with Gasteiger partial charge in [0.15, 0.2) is 0 Å². The Balaban J connectivity index is 0.000000921. The molecule has 0 aromatic heterocycles. The molecule has 0 bridgehead atoms. The lowest BCUT2D eigenvalue weighted by molar-refractivity contribution is -0.113. The minimum atomic E-state index is -0.0920. The maximum atomic E-state index is 11.2. The van der Waals surface area contributed by atoms with E-state index in [2.05, 4.69) is 6.58 Å². The van der Waals surface area contributed by atoms with Gasteiger partial charge in [-0.05, 0) is 30.7 Å². The van der Waals surface area contributed by atoms with Crippen molar-refractivity contribution in [2.24, 2.45) is 0 Å². The Hall–Kier alpha value is -1.57. The third-order valence-electron chi connectivity index (χ3n) is 1.89. The second kappa shape index (κ2) is 6.82. The maximum Gasteiger partial charge on any atom is 0.250 e. The van der Waals surface area contributed by atoms with Crippen LogP contribution >= 0.6 is 0 Å². The zero-order chi connectivity index (χ0) is 11.8. The molecule has 1 aromatic carbocycles. The van der Waals surface area contributed by atoms with Gasteiger partial charge in [-0.2, -0.15) is 0 Å². The van der Waals surface area contributed by atoms with Crippen LogP contribution in [0.3, 0.4) is 0 Å². The summed E-state index contributed by atoms with van der Waals surface area (Å²) < 4.78 is 0. The van der Waals surface area contributed by atoms with Gasteiger partial charge in [-0.1, -0.05) is 32.6 Å². The van der Waals surface area contributed by atoms with Crippen LogP contribution in [0.15, 0.2) is 36.9 Å². The van der Waals surface area contributed by atoms with Crippen molar-refractivity contribution in [2.45, 2.75) is 20.8 Å². The van der Waals surface area contributed by atoms with E-state index >= 15 is 0 Å². The van der Waals surface area contributed by atoms with Gasteiger partial charge in [0, 0.05) is 12.7 Å². The summed E-state index contributed by atoms with van der Waals surface area (Å²) in [5.74, 6) is -0.0920. The van der Waals surface area contributed by atoms with Gasteiger partial charge >= 0.3 is 0 Å². The average Bonchev–Trinajstić information content (AvgIpc) is 2.29. The summed E-state index contributed by atoms with van der Waals surface area (Å²) in [6, 6.07) is 7.78. The van der Waals surface area contributed by atoms with Crippen LogP contribution < -0.4 is 4.90 Å². The first-order valence-corrected chi connectivity index (χ1v) is 5.12. The second-order valence-electron chi connectivity index (χ2n) is 2.94. The highest BCUT2D eigenvalue weighted by atomic mass is 16.2. The van der Waals surface area contributed by atoms with E-state index in [1.54, 1.807) is 11.9 Å². The van der Waals surface area contributed by atoms with Crippen LogP contribution in [0.4, 0.5) is 5.69 Å². The molecule has 0 spiro atoms. The molecule has 1 aromatic rings. The molecule has 1 amide bonds. The molecule has 82 valence electrons. The minimum Gasteiger partial charge on any atom is -0.312 e. The number of hydrogen-bond acceptors (Lipinski definition) is 1. The van der Waals surface area contributed by atoms with Gasteiger partial charge in [0.1, 0.15) is 0 Å². The molecular weight excluding hydrogens is 186 g/mol. The Morgan fingerprint density at radius 1 is 1.40 bits per heavy atom. The number of carbonyl (C=O) groups is 1. The molecule has 0 saturated heterocycles. The largest absolute Gasteiger partial charge is 0.312 e. The molecule has 0 aliphatic carbocycles. The van der Waals surface area contributed by atoms with Gasteiger partial charge < -0.3 is 4.90 Å². The second-order valence-corrected chi connectivity index (χ2v) is 2.94. The number of carbonyl (C=O) groups excluding carboxylic acids is 1. The normalized spacial score (nSPS) is 8.53. The van der Waals surface area contributed by atoms with Crippen molar-refractivity contribution >= 4 is 11.6 Å². The number of nitrogens with zero attached hydrogens (tertiary/aromatic N) is 1. The summed E-state index contributed by atoms with van der Waals surface area (Å²) in [5.41, 5.74) is 2.03. The van der Waals surface area contributed by atoms with Crippen molar-refractivity contribution in [1.82, 2.24) is 0 Å². The minimum absolute atomic E-state index is 0.0920. The van der Waals surface area contributed by atoms with Crippen molar-refractivity contribution in [1.29, 1.82) is 0 Å². The van der Waals surface area contributed by atoms with Crippen LogP contribution in [0.25, 0.3) is 0 Å². The number of amides is 1. The number of likely N-dealkylation sites (N-methyl/N-ethyl adjacent to an activating group) is 1. The third kappa shape index (κ3) is 3.98. The first-order valence-electron chi connectivity index (χ1n) is 5.12. The lowest BCUT2D eigenvalue weighted by atomic mass is 10.2. The molecule has 0 N–H and O–H groups in total. The average molecular weight is 205 g/mol. The van der Waals surface area contributed by atoms with E-state index in [1.807, 2.05) is 45.0 Å². The molecule has 2 heteroatoms. The van der Waals surface area contributed by atoms with E-state index in [-0.39, 0.29) is 5.91 Å². The summed E-state index contributed by atoms with van der Waals surface area (Å²) in [4.78, 5) is 12.8. The van der Waals surface area contributed by atoms with Crippen LogP contribution in [-0.4, -0.2) is 13.0 Å². The van der Waals surface area contributed by atoms with Gasteiger partial charge in [0.25, 0.3) is 0 Å². The van der Waals surface area contributed by atoms with Crippen LogP contribution in [0.2, 0.25) is 0 Å². The van der Waals surface area contributed by atoms with Gasteiger partial charge in [-0.25, -0.2) is 0 Å². The summed E-state index contributed by atoms with van der Waals surface area (Å²) in [6.07, 6.45) is 1.31. The van der Waals surface area contributed by atoms with E-state index in [1.165, 1.54) is 6.08 Å². The van der Waals surface area contributed by atoms with Crippen LogP contribution in [-0.2, 0) is 4.79 Å². The number of anilines is 1. The first kappa shape index (κ1) is 13.4. The Morgan fingerprint density at radius 2 is 2.00 bits per heavy atom. The maximum absolute atomic E-state index is 11.2. The van der Waals surface area contributed by atoms with E-state index in [0.717, 1.165) is 11.3 Å². The molecule has 0 aliphatic rings. The van der Waals surface area contributed by atoms with Gasteiger partial charge in [-0.3, -0.25) is 4.79 Å². The van der Waals surface area contributed by atoms with E-state index in [4.69, 9.17) is 0 Å². The summed E-state index contributed by atoms with van der Waals surface area (Å²) >= 11 is 0. The fourth-order valence-electron chi connectivity index (χ4n) is 1.10. The lowest BCUT2D eigenvalue weighted by Gasteiger charge is -2.15. The van der Waals surface area contributed by atoms with E-state index in [0.29, 0.717) is 0 Å². The molecule has 2 nitrogen and oxygen atoms in total. The molecule has 1 rings (SSSR count). The Morgan fingerprint density at radius 3 is 2.47 bits per heavy atom. The van der Waals surface area contributed by atoms with Crippen molar-refractivity contribution in [2.75, 3.05) is 11.9 Å². The molecule has 0 radical (unpaired) electrons. The molecule has 0 saturated carbocycles. The molecular formula is C13H19NO. The highest BCUT2D eigenvalue weighted by Crippen LogP contribution is 2.14. The fourth-order valence-corrected chi connectivity index (χ4v) is 1.10. The van der Waals surface area contributed by atoms with Crippen molar-refractivity contribution in [3.8, 4) is 0 Å². The summed E-state index contributed by atoms with van der Waals surface area (Å²) in [6.45, 7) is 9.43. The Labute approximate surface area is 92.2 Å². The highest BCUT2D eigenvalue weighted by Gasteiger charge is 2.05. The lowest BCUT2D eigenvalue weighted by Crippen LogP contribution is -2.23. The molecule has 0 heterocycles. The smallest absolute Gasteiger partial charge is 0.250 e. The van der Waals surface area contributed by atoms with Crippen molar-refractivity contribution < 1.29 is 4.79 Å². The van der Waals surface area contributed by atoms with E-state index < -0.39 is 0 Å². The molecule has 0 fully saturated rings. The predicted molar refractivity (Wildman–Crippen MR) is 66.1 cm³/mol. The fraction of sp³-hybridized carbons (Fsp3) is 0.308. The number of rotatable bonds is 2. The van der Waals surface area contributed by atoms with Crippen molar-refractivity contribution in [3.63, 3.8) is 0 Å². The Kier molecular flexibility index (Phi) is 6.11. The number of benzene rings is 1. The topological polar surface area (TPSA) is 20.3 Å². The number of hydrogen-bond donors (Lipinski definition) is 0. The van der Waals surface area contributed by atoms with E-state index in [9.17, 15) is 4.79 Å². The monoisotopic (exact) mass is 205 g/mol. The SMILES string of the molecule is C=CC(=O)N(C)c1cccc(C)c1.CC. The predicted octanol–water partition coefficient (Wildman–Crippen LogP) is 3.17. The molecule has 0 aliphatic heterocycles. The zero-order valence-electron chi connectivity index (χ0n) is 9.95. The summed E-state index contributed by atoms with van der Waals surface area (Å²) in [7, 11) is 1.73. The number of aryl methyl sites for hydroxylation is 1. The molecule has 0 atom stereocenters. The van der Waals surface area contributed by atoms with Gasteiger partial charge in [0.05, 0.1) is 0 Å². The first-order chi connectivity index (χ1) is 7.15.